The molecule has 1 amide bonds. The van der Waals surface area contributed by atoms with Crippen molar-refractivity contribution in [3.63, 3.8) is 0 Å². The number of methoxy groups -OCH3 is 1. The van der Waals surface area contributed by atoms with Crippen molar-refractivity contribution in [3.8, 4) is 11.1 Å². The number of hydrogen-bond acceptors (Lipinski definition) is 3. The summed E-state index contributed by atoms with van der Waals surface area (Å²) in [5.74, 6) is -0.428. The molecule has 0 radical (unpaired) electrons. The lowest BCUT2D eigenvalue weighted by Crippen LogP contribution is -2.47. The maximum Gasteiger partial charge on any atom is 0.256 e. The number of benzene rings is 2. The van der Waals surface area contributed by atoms with Crippen molar-refractivity contribution in [2.24, 2.45) is 5.92 Å². The van der Waals surface area contributed by atoms with E-state index in [1.165, 1.54) is 12.1 Å². The number of nitrogens with one attached hydrogen (secondary N) is 1. The van der Waals surface area contributed by atoms with Crippen LogP contribution in [0.25, 0.3) is 16.7 Å². The van der Waals surface area contributed by atoms with E-state index in [1.807, 2.05) is 0 Å². The highest BCUT2D eigenvalue weighted by Crippen LogP contribution is 2.44. The summed E-state index contributed by atoms with van der Waals surface area (Å²) < 4.78 is 19.2. The molecule has 4 nitrogen and oxygen atoms in total. The number of carbonyl (C=O) groups is 1. The molecule has 1 aliphatic carbocycles. The van der Waals surface area contributed by atoms with Gasteiger partial charge in [0.05, 0.1) is 16.1 Å². The Morgan fingerprint density at radius 3 is 2.40 bits per heavy atom. The number of rotatable bonds is 4. The fraction of sp³-hybridized carbons (Fsp3) is 0.348. The van der Waals surface area contributed by atoms with E-state index in [4.69, 9.17) is 27.9 Å². The Hall–Kier alpha value is -2.08. The van der Waals surface area contributed by atoms with E-state index in [-0.39, 0.29) is 22.3 Å². The van der Waals surface area contributed by atoms with Crippen molar-refractivity contribution in [1.29, 1.82) is 0 Å². The molecule has 0 unspecified atom stereocenters. The largest absolute Gasteiger partial charge is 0.509 e. The maximum atomic E-state index is 13.9. The Bertz CT molecular complexity index is 1030. The zero-order chi connectivity index (χ0) is 21.5. The predicted octanol–water partition coefficient (Wildman–Crippen LogP) is 5.77. The number of hydrogen-bond donors (Lipinski definition) is 2. The van der Waals surface area contributed by atoms with E-state index in [9.17, 15) is 14.3 Å². The molecule has 1 spiro atoms. The summed E-state index contributed by atoms with van der Waals surface area (Å²) in [4.78, 5) is 12.9. The molecule has 1 aliphatic heterocycles. The van der Waals surface area contributed by atoms with Crippen molar-refractivity contribution in [2.75, 3.05) is 13.7 Å². The SMILES string of the molecule is COC[C@H]1CC[C@@]2(CC1)NC(=O)C(c1cc(-c3ccc(Cl)c(F)c3)ccc1Cl)=C2O. The predicted molar refractivity (Wildman–Crippen MR) is 116 cm³/mol. The van der Waals surface area contributed by atoms with Crippen molar-refractivity contribution >= 4 is 34.7 Å². The minimum Gasteiger partial charge on any atom is -0.509 e. The summed E-state index contributed by atoms with van der Waals surface area (Å²) in [6.07, 6.45) is 2.98. The van der Waals surface area contributed by atoms with E-state index in [0.717, 1.165) is 12.8 Å². The first-order chi connectivity index (χ1) is 14.3. The van der Waals surface area contributed by atoms with Gasteiger partial charge in [-0.3, -0.25) is 4.79 Å². The molecule has 2 N–H and O–H groups in total. The molecule has 0 bridgehead atoms. The lowest BCUT2D eigenvalue weighted by Gasteiger charge is -2.37. The van der Waals surface area contributed by atoms with Crippen LogP contribution in [0.4, 0.5) is 4.39 Å². The number of aliphatic hydroxyl groups excluding tert-OH is 1. The van der Waals surface area contributed by atoms with Gasteiger partial charge in [0, 0.05) is 24.3 Å². The monoisotopic (exact) mass is 449 g/mol. The number of halogens is 3. The van der Waals surface area contributed by atoms with Gasteiger partial charge in [-0.1, -0.05) is 35.3 Å². The van der Waals surface area contributed by atoms with Crippen LogP contribution >= 0.6 is 23.2 Å². The lowest BCUT2D eigenvalue weighted by atomic mass is 9.76. The van der Waals surface area contributed by atoms with Crippen LogP contribution in [-0.2, 0) is 9.53 Å². The van der Waals surface area contributed by atoms with E-state index >= 15 is 0 Å². The average molecular weight is 450 g/mol. The Morgan fingerprint density at radius 2 is 1.77 bits per heavy atom. The molecule has 2 aliphatic rings. The third-order valence-corrected chi connectivity index (χ3v) is 6.76. The second kappa shape index (κ2) is 8.22. The second-order valence-corrected chi connectivity index (χ2v) is 8.80. The van der Waals surface area contributed by atoms with Crippen LogP contribution in [-0.4, -0.2) is 30.3 Å². The van der Waals surface area contributed by atoms with Gasteiger partial charge in [0.2, 0.25) is 0 Å². The molecule has 7 heteroatoms. The van der Waals surface area contributed by atoms with Gasteiger partial charge in [-0.25, -0.2) is 4.39 Å². The van der Waals surface area contributed by atoms with Crippen molar-refractivity contribution < 1.29 is 19.0 Å². The number of amides is 1. The molecule has 0 saturated heterocycles. The van der Waals surface area contributed by atoms with Crippen molar-refractivity contribution in [1.82, 2.24) is 5.32 Å². The summed E-state index contributed by atoms with van der Waals surface area (Å²) >= 11 is 12.2. The zero-order valence-electron chi connectivity index (χ0n) is 16.5. The fourth-order valence-electron chi connectivity index (χ4n) is 4.44. The van der Waals surface area contributed by atoms with E-state index in [0.29, 0.717) is 47.1 Å². The van der Waals surface area contributed by atoms with Crippen molar-refractivity contribution in [3.05, 3.63) is 63.6 Å². The molecular weight excluding hydrogens is 428 g/mol. The third-order valence-electron chi connectivity index (χ3n) is 6.12. The standard InChI is InChI=1S/C23H22Cl2FNO3/c1-30-12-13-6-8-23(9-7-13)21(28)20(22(29)27-23)16-10-14(2-4-17(16)24)15-3-5-18(25)19(26)11-15/h2-5,10-11,13,28H,6-9,12H2,1H3,(H,27,29)/t13-,23-. The third kappa shape index (κ3) is 3.70. The first kappa shape index (κ1) is 21.2. The first-order valence-corrected chi connectivity index (χ1v) is 10.6. The Morgan fingerprint density at radius 1 is 1.13 bits per heavy atom. The highest BCUT2D eigenvalue weighted by molar-refractivity contribution is 6.36. The van der Waals surface area contributed by atoms with Crippen LogP contribution in [0.5, 0.6) is 0 Å². The van der Waals surface area contributed by atoms with Gasteiger partial charge in [0.15, 0.2) is 0 Å². The van der Waals surface area contributed by atoms with E-state index < -0.39 is 11.4 Å². The second-order valence-electron chi connectivity index (χ2n) is 7.98. The number of carbonyl (C=O) groups excluding carboxylic acids is 1. The molecule has 4 rings (SSSR count). The van der Waals surface area contributed by atoms with Crippen LogP contribution in [0.15, 0.2) is 42.2 Å². The lowest BCUT2D eigenvalue weighted by molar-refractivity contribution is -0.116. The highest BCUT2D eigenvalue weighted by atomic mass is 35.5. The highest BCUT2D eigenvalue weighted by Gasteiger charge is 2.48. The Labute approximate surface area is 184 Å². The van der Waals surface area contributed by atoms with Crippen LogP contribution in [0.1, 0.15) is 31.2 Å². The van der Waals surface area contributed by atoms with Gasteiger partial charge in [-0.05, 0) is 67.0 Å². The summed E-state index contributed by atoms with van der Waals surface area (Å²) in [6, 6.07) is 9.59. The van der Waals surface area contributed by atoms with Gasteiger partial charge in [-0.2, -0.15) is 0 Å². The summed E-state index contributed by atoms with van der Waals surface area (Å²) in [5.41, 5.74) is 1.12. The minimum atomic E-state index is -0.762. The normalized spacial score (nSPS) is 23.9. The van der Waals surface area contributed by atoms with Gasteiger partial charge in [-0.15, -0.1) is 0 Å². The summed E-state index contributed by atoms with van der Waals surface area (Å²) in [6.45, 7) is 0.673. The summed E-state index contributed by atoms with van der Waals surface area (Å²) in [7, 11) is 1.68. The van der Waals surface area contributed by atoms with Crippen LogP contribution in [0, 0.1) is 11.7 Å². The molecule has 30 heavy (non-hydrogen) atoms. The maximum absolute atomic E-state index is 13.9. The van der Waals surface area contributed by atoms with Gasteiger partial charge >= 0.3 is 0 Å². The molecule has 1 fully saturated rings. The van der Waals surface area contributed by atoms with E-state index in [1.54, 1.807) is 31.4 Å². The molecule has 1 saturated carbocycles. The van der Waals surface area contributed by atoms with Crippen LogP contribution in [0.2, 0.25) is 10.0 Å². The smallest absolute Gasteiger partial charge is 0.256 e. The van der Waals surface area contributed by atoms with Gasteiger partial charge < -0.3 is 15.2 Å². The molecule has 158 valence electrons. The van der Waals surface area contributed by atoms with E-state index in [2.05, 4.69) is 5.32 Å². The van der Waals surface area contributed by atoms with Crippen LogP contribution < -0.4 is 5.32 Å². The Kier molecular flexibility index (Phi) is 5.80. The molecule has 0 atom stereocenters. The minimum absolute atomic E-state index is 0.0321. The average Bonchev–Trinajstić information content (AvgIpc) is 2.96. The van der Waals surface area contributed by atoms with Gasteiger partial charge in [0.25, 0.3) is 5.91 Å². The van der Waals surface area contributed by atoms with Crippen LogP contribution in [0.3, 0.4) is 0 Å². The molecular formula is C23H22Cl2FNO3. The number of aliphatic hydroxyl groups is 1. The zero-order valence-corrected chi connectivity index (χ0v) is 18.0. The molecule has 2 aromatic carbocycles. The Balaban J connectivity index is 1.71. The molecule has 2 aromatic rings. The quantitative estimate of drug-likeness (QED) is 0.622. The molecule has 0 aromatic heterocycles. The summed E-state index contributed by atoms with van der Waals surface area (Å²) in [5, 5.41) is 14.5. The van der Waals surface area contributed by atoms with Gasteiger partial charge in [0.1, 0.15) is 11.6 Å². The van der Waals surface area contributed by atoms with Crippen molar-refractivity contribution in [2.45, 2.75) is 31.2 Å². The first-order valence-electron chi connectivity index (χ1n) is 9.85. The molecule has 1 heterocycles. The fourth-order valence-corrected chi connectivity index (χ4v) is 4.77. The topological polar surface area (TPSA) is 58.6 Å². The number of ether oxygens (including phenoxy) is 1.